The van der Waals surface area contributed by atoms with Crippen molar-refractivity contribution >= 4 is 35.5 Å². The van der Waals surface area contributed by atoms with Crippen LogP contribution in [0, 0.1) is 0 Å². The number of benzene rings is 1. The minimum atomic E-state index is -1.09. The van der Waals surface area contributed by atoms with Crippen LogP contribution in [0.1, 0.15) is 18.4 Å². The highest BCUT2D eigenvalue weighted by molar-refractivity contribution is 6.02. The zero-order chi connectivity index (χ0) is 20.7. The Labute approximate surface area is 159 Å². The van der Waals surface area contributed by atoms with Gasteiger partial charge in [-0.3, -0.25) is 14.4 Å². The van der Waals surface area contributed by atoms with Crippen LogP contribution in [-0.2, 0) is 14.4 Å². The molecule has 1 atom stereocenters. The third-order valence-electron chi connectivity index (χ3n) is 3.84. The van der Waals surface area contributed by atoms with Crippen LogP contribution >= 0.6 is 0 Å². The summed E-state index contributed by atoms with van der Waals surface area (Å²) in [5.41, 5.74) is 11.5. The van der Waals surface area contributed by atoms with Gasteiger partial charge in [0.1, 0.15) is 6.04 Å². The van der Waals surface area contributed by atoms with Crippen LogP contribution in [-0.4, -0.2) is 54.1 Å². The summed E-state index contributed by atoms with van der Waals surface area (Å²) < 4.78 is 0. The van der Waals surface area contributed by atoms with Gasteiger partial charge in [0.25, 0.3) is 0 Å². The second-order valence-corrected chi connectivity index (χ2v) is 5.81. The van der Waals surface area contributed by atoms with Gasteiger partial charge in [-0.1, -0.05) is 5.16 Å². The number of anilines is 1. The second-order valence-electron chi connectivity index (χ2n) is 5.81. The Kier molecular flexibility index (Phi) is 6.73. The molecule has 0 radical (unpaired) electrons. The lowest BCUT2D eigenvalue weighted by Gasteiger charge is -2.17. The summed E-state index contributed by atoms with van der Waals surface area (Å²) in [6.45, 7) is 0.363. The molecule has 2 rings (SSSR count). The number of aliphatic carboxylic acids is 1. The predicted molar refractivity (Wildman–Crippen MR) is 97.4 cm³/mol. The molecule has 1 fully saturated rings. The van der Waals surface area contributed by atoms with Crippen molar-refractivity contribution in [3.8, 4) is 0 Å². The summed E-state index contributed by atoms with van der Waals surface area (Å²) >= 11 is 0. The first-order valence-corrected chi connectivity index (χ1v) is 8.26. The van der Waals surface area contributed by atoms with Gasteiger partial charge in [-0.05, 0) is 30.7 Å². The van der Waals surface area contributed by atoms with Crippen LogP contribution < -0.4 is 27.0 Å². The molecule has 0 bridgehead atoms. The molecule has 1 aromatic carbocycles. The minimum absolute atomic E-state index is 0.0320. The summed E-state index contributed by atoms with van der Waals surface area (Å²) in [5, 5.41) is 16.8. The van der Waals surface area contributed by atoms with Crippen molar-refractivity contribution in [3.05, 3.63) is 29.8 Å². The quantitative estimate of drug-likeness (QED) is 0.175. The smallest absolute Gasteiger partial charge is 0.430 e. The van der Waals surface area contributed by atoms with Crippen LogP contribution in [0.4, 0.5) is 15.3 Å². The molecule has 1 saturated heterocycles. The molecule has 1 aliphatic heterocycles. The molecule has 150 valence electrons. The molecule has 0 aromatic heterocycles. The number of oxime groups is 1. The Hall–Kier alpha value is -3.83. The van der Waals surface area contributed by atoms with E-state index in [1.807, 2.05) is 0 Å². The van der Waals surface area contributed by atoms with Crippen molar-refractivity contribution in [1.29, 1.82) is 0 Å². The number of urea groups is 1. The summed E-state index contributed by atoms with van der Waals surface area (Å²) in [4.78, 5) is 50.9. The number of carbonyl (C=O) groups excluding carboxylic acids is 3. The summed E-state index contributed by atoms with van der Waals surface area (Å²) in [6.07, 6.45) is -0.891. The van der Waals surface area contributed by atoms with E-state index in [9.17, 15) is 19.2 Å². The fourth-order valence-electron chi connectivity index (χ4n) is 2.52. The van der Waals surface area contributed by atoms with E-state index in [0.29, 0.717) is 24.2 Å². The number of carbonyl (C=O) groups is 4. The van der Waals surface area contributed by atoms with Gasteiger partial charge in [0.05, 0.1) is 6.42 Å². The zero-order valence-electron chi connectivity index (χ0n) is 14.8. The molecular weight excluding hydrogens is 372 g/mol. The van der Waals surface area contributed by atoms with Gasteiger partial charge < -0.3 is 32.1 Å². The lowest BCUT2D eigenvalue weighted by atomic mass is 10.2. The molecule has 1 aromatic rings. The Bertz CT molecular complexity index is 793. The number of nitrogens with two attached hydrogens (primary N) is 2. The van der Waals surface area contributed by atoms with E-state index < -0.39 is 24.1 Å². The van der Waals surface area contributed by atoms with E-state index in [-0.39, 0.29) is 24.7 Å². The van der Waals surface area contributed by atoms with Gasteiger partial charge in [0.15, 0.2) is 5.84 Å². The molecule has 12 heteroatoms. The summed E-state index contributed by atoms with van der Waals surface area (Å²) in [7, 11) is 0. The van der Waals surface area contributed by atoms with Crippen LogP contribution in [0.5, 0.6) is 0 Å². The van der Waals surface area contributed by atoms with Gasteiger partial charge in [-0.2, -0.15) is 0 Å². The van der Waals surface area contributed by atoms with Crippen molar-refractivity contribution in [2.24, 2.45) is 16.6 Å². The Morgan fingerprint density at radius 3 is 2.54 bits per heavy atom. The van der Waals surface area contributed by atoms with Crippen LogP contribution in [0.2, 0.25) is 0 Å². The number of hydrogen-bond acceptors (Lipinski definition) is 6. The van der Waals surface area contributed by atoms with Crippen molar-refractivity contribution in [3.63, 3.8) is 0 Å². The highest BCUT2D eigenvalue weighted by atomic mass is 16.7. The topological polar surface area (TPSA) is 189 Å². The Morgan fingerprint density at radius 1 is 1.25 bits per heavy atom. The predicted octanol–water partition coefficient (Wildman–Crippen LogP) is -0.719. The van der Waals surface area contributed by atoms with E-state index in [1.54, 1.807) is 24.3 Å². The highest BCUT2D eigenvalue weighted by Crippen LogP contribution is 2.22. The summed E-state index contributed by atoms with van der Waals surface area (Å²) in [5.74, 6) is -1.38. The largest absolute Gasteiger partial charge is 0.481 e. The van der Waals surface area contributed by atoms with Crippen molar-refractivity contribution < 1.29 is 29.1 Å². The average molecular weight is 392 g/mol. The first-order chi connectivity index (χ1) is 13.3. The first kappa shape index (κ1) is 20.5. The number of amidine groups is 1. The van der Waals surface area contributed by atoms with Crippen LogP contribution in [0.15, 0.2) is 29.4 Å². The number of carboxylic acids is 1. The fraction of sp³-hybridized carbons (Fsp3) is 0.312. The number of carboxylic acid groups (broad SMARTS) is 1. The fourth-order valence-corrected chi connectivity index (χ4v) is 2.52. The molecule has 7 N–H and O–H groups in total. The SMILES string of the molecule is NC(=O)ON=C(N)c1ccc(N2CCC(NC(=O)NCCC(=O)O)C2=O)cc1. The van der Waals surface area contributed by atoms with E-state index in [0.717, 1.165) is 0 Å². The Morgan fingerprint density at radius 2 is 1.93 bits per heavy atom. The number of amides is 4. The molecule has 1 aliphatic rings. The van der Waals surface area contributed by atoms with E-state index >= 15 is 0 Å². The van der Waals surface area contributed by atoms with Crippen molar-refractivity contribution in [2.75, 3.05) is 18.0 Å². The number of nitrogens with zero attached hydrogens (tertiary/aromatic N) is 2. The van der Waals surface area contributed by atoms with Gasteiger partial charge in [0, 0.05) is 24.3 Å². The lowest BCUT2D eigenvalue weighted by Crippen LogP contribution is -2.46. The zero-order valence-corrected chi connectivity index (χ0v) is 14.8. The average Bonchev–Trinajstić information content (AvgIpc) is 3.00. The van der Waals surface area contributed by atoms with Gasteiger partial charge in [0.2, 0.25) is 5.91 Å². The maximum atomic E-state index is 12.5. The number of hydrogen-bond donors (Lipinski definition) is 5. The van der Waals surface area contributed by atoms with Crippen LogP contribution in [0.25, 0.3) is 0 Å². The van der Waals surface area contributed by atoms with E-state index in [4.69, 9.17) is 16.6 Å². The van der Waals surface area contributed by atoms with Crippen molar-refractivity contribution in [2.45, 2.75) is 18.9 Å². The first-order valence-electron chi connectivity index (χ1n) is 8.26. The molecule has 0 aliphatic carbocycles. The normalized spacial score (nSPS) is 16.6. The summed E-state index contributed by atoms with van der Waals surface area (Å²) in [6, 6.07) is 5.14. The van der Waals surface area contributed by atoms with Gasteiger partial charge >= 0.3 is 18.1 Å². The lowest BCUT2D eigenvalue weighted by molar-refractivity contribution is -0.136. The molecular formula is C16H20N6O6. The molecule has 4 amide bonds. The molecule has 1 heterocycles. The monoisotopic (exact) mass is 392 g/mol. The molecule has 0 spiro atoms. The molecule has 0 saturated carbocycles. The number of rotatable bonds is 7. The maximum Gasteiger partial charge on any atom is 0.430 e. The number of nitrogens with one attached hydrogen (secondary N) is 2. The molecule has 12 nitrogen and oxygen atoms in total. The minimum Gasteiger partial charge on any atom is -0.481 e. The number of primary amides is 1. The maximum absolute atomic E-state index is 12.5. The highest BCUT2D eigenvalue weighted by Gasteiger charge is 2.33. The van der Waals surface area contributed by atoms with Gasteiger partial charge in [-0.15, -0.1) is 0 Å². The van der Waals surface area contributed by atoms with E-state index in [1.165, 1.54) is 4.90 Å². The Balaban J connectivity index is 1.93. The standard InChI is InChI=1S/C16H20N6O6/c17-13(21-28-15(18)26)9-1-3-10(4-2-9)22-8-6-11(14(22)25)20-16(27)19-7-5-12(23)24/h1-4,11H,5-8H2,(H2,17,21)(H2,18,26)(H,23,24)(H2,19,20,27). The van der Waals surface area contributed by atoms with E-state index in [2.05, 4.69) is 20.6 Å². The molecule has 1 unspecified atom stereocenters. The van der Waals surface area contributed by atoms with Gasteiger partial charge in [-0.25, -0.2) is 9.59 Å². The van der Waals surface area contributed by atoms with Crippen LogP contribution in [0.3, 0.4) is 0 Å². The third kappa shape index (κ3) is 5.59. The molecule has 28 heavy (non-hydrogen) atoms. The third-order valence-corrected chi connectivity index (χ3v) is 3.84. The second kappa shape index (κ2) is 9.21. The van der Waals surface area contributed by atoms with Crippen molar-refractivity contribution in [1.82, 2.24) is 10.6 Å².